The molecule has 7 nitrogen and oxygen atoms in total. The van der Waals surface area contributed by atoms with Crippen LogP contribution in [0.3, 0.4) is 0 Å². The van der Waals surface area contributed by atoms with Crippen LogP contribution in [0.25, 0.3) is 11.3 Å². The molecule has 0 saturated carbocycles. The second-order valence-electron chi connectivity index (χ2n) is 5.58. The molecule has 3 rings (SSSR count). The number of nitrogens with zero attached hydrogens (tertiary/aromatic N) is 1. The van der Waals surface area contributed by atoms with E-state index >= 15 is 0 Å². The van der Waals surface area contributed by atoms with Gasteiger partial charge in [-0.1, -0.05) is 12.1 Å². The van der Waals surface area contributed by atoms with E-state index < -0.39 is 16.1 Å². The van der Waals surface area contributed by atoms with Crippen LogP contribution in [0.4, 0.5) is 0 Å². The zero-order valence-corrected chi connectivity index (χ0v) is 15.7. The number of ether oxygens (including phenoxy) is 1. The van der Waals surface area contributed by atoms with E-state index in [1.807, 2.05) is 12.1 Å². The molecule has 2 heterocycles. The molecule has 0 unspecified atom stereocenters. The minimum Gasteiger partial charge on any atom is -0.497 e. The molecular formula is C17H17N3O4S2. The molecule has 136 valence electrons. The van der Waals surface area contributed by atoms with Crippen LogP contribution in [-0.4, -0.2) is 25.7 Å². The first-order valence-electron chi connectivity index (χ1n) is 7.70. The molecule has 0 radical (unpaired) electrons. The summed E-state index contributed by atoms with van der Waals surface area (Å²) in [6.07, 6.45) is 0. The van der Waals surface area contributed by atoms with E-state index in [0.29, 0.717) is 17.0 Å². The molecule has 2 N–H and O–H groups in total. The van der Waals surface area contributed by atoms with Crippen LogP contribution in [0.1, 0.15) is 18.5 Å². The molecule has 0 aliphatic heterocycles. The highest BCUT2D eigenvalue weighted by Crippen LogP contribution is 2.28. The molecule has 3 aromatic rings. The van der Waals surface area contributed by atoms with E-state index in [0.717, 1.165) is 16.9 Å². The fourth-order valence-corrected chi connectivity index (χ4v) is 4.77. The summed E-state index contributed by atoms with van der Waals surface area (Å²) in [7, 11) is -2.10. The SMILES string of the molecule is COc1ccc([C@H](C)NS(=O)(=O)c2cc(-c3ccc(=O)[nH]n3)cs2)cc1. The number of hydrogen-bond donors (Lipinski definition) is 2. The van der Waals surface area contributed by atoms with Gasteiger partial charge in [-0.05, 0) is 36.8 Å². The number of aromatic nitrogens is 2. The summed E-state index contributed by atoms with van der Waals surface area (Å²) in [4.78, 5) is 11.1. The van der Waals surface area contributed by atoms with Crippen molar-refractivity contribution >= 4 is 21.4 Å². The van der Waals surface area contributed by atoms with Crippen molar-refractivity contribution in [2.45, 2.75) is 17.2 Å². The smallest absolute Gasteiger partial charge is 0.264 e. The number of benzene rings is 1. The monoisotopic (exact) mass is 391 g/mol. The Morgan fingerprint density at radius 2 is 1.92 bits per heavy atom. The number of hydrogen-bond acceptors (Lipinski definition) is 6. The van der Waals surface area contributed by atoms with Crippen molar-refractivity contribution in [2.75, 3.05) is 7.11 Å². The van der Waals surface area contributed by atoms with Crippen molar-refractivity contribution in [3.8, 4) is 17.0 Å². The lowest BCUT2D eigenvalue weighted by Crippen LogP contribution is -2.26. The van der Waals surface area contributed by atoms with Crippen LogP contribution in [-0.2, 0) is 10.0 Å². The molecule has 0 fully saturated rings. The lowest BCUT2D eigenvalue weighted by molar-refractivity contribution is 0.414. The van der Waals surface area contributed by atoms with Gasteiger partial charge in [-0.15, -0.1) is 11.3 Å². The van der Waals surface area contributed by atoms with Gasteiger partial charge in [-0.2, -0.15) is 5.10 Å². The van der Waals surface area contributed by atoms with E-state index in [2.05, 4.69) is 14.9 Å². The van der Waals surface area contributed by atoms with E-state index in [-0.39, 0.29) is 9.77 Å². The summed E-state index contributed by atoms with van der Waals surface area (Å²) in [6.45, 7) is 1.78. The second kappa shape index (κ2) is 7.40. The number of methoxy groups -OCH3 is 1. The first kappa shape index (κ1) is 18.3. The fraction of sp³-hybridized carbons (Fsp3) is 0.176. The Kier molecular flexibility index (Phi) is 5.21. The van der Waals surface area contributed by atoms with E-state index in [9.17, 15) is 13.2 Å². The normalized spacial score (nSPS) is 12.7. The van der Waals surface area contributed by atoms with E-state index in [4.69, 9.17) is 4.74 Å². The lowest BCUT2D eigenvalue weighted by atomic mass is 10.1. The molecule has 9 heteroatoms. The van der Waals surface area contributed by atoms with Crippen molar-refractivity contribution in [2.24, 2.45) is 0 Å². The largest absolute Gasteiger partial charge is 0.497 e. The van der Waals surface area contributed by atoms with Crippen molar-refractivity contribution in [1.29, 1.82) is 0 Å². The Labute approximate surface area is 154 Å². The van der Waals surface area contributed by atoms with Crippen LogP contribution < -0.4 is 15.0 Å². The molecule has 2 aromatic heterocycles. The summed E-state index contributed by atoms with van der Waals surface area (Å²) >= 11 is 1.10. The molecule has 0 amide bonds. The average molecular weight is 391 g/mol. The number of nitrogens with one attached hydrogen (secondary N) is 2. The van der Waals surface area contributed by atoms with Gasteiger partial charge in [0.15, 0.2) is 0 Å². The molecular weight excluding hydrogens is 374 g/mol. The standard InChI is InChI=1S/C17H17N3O4S2/c1-11(12-3-5-14(24-2)6-4-12)20-26(22,23)17-9-13(10-25-17)15-7-8-16(21)19-18-15/h3-11,20H,1-2H3,(H,19,21)/t11-/m0/s1. The van der Waals surface area contributed by atoms with Gasteiger partial charge < -0.3 is 4.74 Å². The first-order chi connectivity index (χ1) is 12.4. The average Bonchev–Trinajstić information content (AvgIpc) is 3.13. The van der Waals surface area contributed by atoms with Crippen LogP contribution in [0.2, 0.25) is 0 Å². The topological polar surface area (TPSA) is 101 Å². The van der Waals surface area contributed by atoms with Crippen LogP contribution >= 0.6 is 11.3 Å². The molecule has 0 saturated heterocycles. The predicted octanol–water partition coefficient (Wildman–Crippen LogP) is 2.55. The zero-order chi connectivity index (χ0) is 18.7. The number of rotatable bonds is 6. The maximum absolute atomic E-state index is 12.6. The Bertz CT molecular complexity index is 1040. The first-order valence-corrected chi connectivity index (χ1v) is 10.1. The van der Waals surface area contributed by atoms with Gasteiger partial charge in [0, 0.05) is 23.1 Å². The Hall–Kier alpha value is -2.49. The van der Waals surface area contributed by atoms with Crippen LogP contribution in [0.5, 0.6) is 5.75 Å². The minimum atomic E-state index is -3.68. The minimum absolute atomic E-state index is 0.181. The number of thiophene rings is 1. The van der Waals surface area contributed by atoms with Gasteiger partial charge in [0.25, 0.3) is 15.6 Å². The fourth-order valence-electron chi connectivity index (χ4n) is 2.35. The summed E-state index contributed by atoms with van der Waals surface area (Å²) < 4.78 is 33.2. The number of H-pyrrole nitrogens is 1. The molecule has 0 aliphatic carbocycles. The molecule has 0 aliphatic rings. The van der Waals surface area contributed by atoms with Gasteiger partial charge in [0.1, 0.15) is 9.96 Å². The highest BCUT2D eigenvalue weighted by molar-refractivity contribution is 7.91. The van der Waals surface area contributed by atoms with Gasteiger partial charge >= 0.3 is 0 Å². The lowest BCUT2D eigenvalue weighted by Gasteiger charge is -2.14. The highest BCUT2D eigenvalue weighted by Gasteiger charge is 2.21. The summed E-state index contributed by atoms with van der Waals surface area (Å²) in [5.74, 6) is 0.708. The van der Waals surface area contributed by atoms with E-state index in [1.54, 1.807) is 37.6 Å². The van der Waals surface area contributed by atoms with Gasteiger partial charge in [0.05, 0.1) is 12.8 Å². The van der Waals surface area contributed by atoms with Gasteiger partial charge in [-0.25, -0.2) is 18.2 Å². The van der Waals surface area contributed by atoms with Crippen LogP contribution in [0.15, 0.2) is 56.8 Å². The van der Waals surface area contributed by atoms with Crippen molar-refractivity contribution in [1.82, 2.24) is 14.9 Å². The summed E-state index contributed by atoms with van der Waals surface area (Å²) in [6, 6.07) is 11.2. The second-order valence-corrected chi connectivity index (χ2v) is 8.43. The van der Waals surface area contributed by atoms with Crippen molar-refractivity contribution in [3.63, 3.8) is 0 Å². The van der Waals surface area contributed by atoms with Crippen molar-refractivity contribution in [3.05, 3.63) is 63.8 Å². The van der Waals surface area contributed by atoms with Gasteiger partial charge in [0.2, 0.25) is 0 Å². The number of aromatic amines is 1. The third-order valence-corrected chi connectivity index (χ3v) is 6.74. The Morgan fingerprint density at radius 1 is 1.19 bits per heavy atom. The third kappa shape index (κ3) is 4.01. The molecule has 0 spiro atoms. The third-order valence-electron chi connectivity index (χ3n) is 3.76. The maximum atomic E-state index is 12.6. The van der Waals surface area contributed by atoms with E-state index in [1.165, 1.54) is 12.1 Å². The molecule has 1 atom stereocenters. The number of sulfonamides is 1. The quantitative estimate of drug-likeness (QED) is 0.672. The van der Waals surface area contributed by atoms with Crippen molar-refractivity contribution < 1.29 is 13.2 Å². The molecule has 0 bridgehead atoms. The predicted molar refractivity (Wildman–Crippen MR) is 99.9 cm³/mol. The summed E-state index contributed by atoms with van der Waals surface area (Å²) in [5, 5.41) is 7.93. The molecule has 1 aromatic carbocycles. The van der Waals surface area contributed by atoms with Gasteiger partial charge in [-0.3, -0.25) is 4.79 Å². The van der Waals surface area contributed by atoms with Crippen LogP contribution in [0, 0.1) is 0 Å². The Morgan fingerprint density at radius 3 is 2.54 bits per heavy atom. The highest BCUT2D eigenvalue weighted by atomic mass is 32.2. The Balaban J connectivity index is 1.79. The zero-order valence-electron chi connectivity index (χ0n) is 14.1. The molecule has 26 heavy (non-hydrogen) atoms. The summed E-state index contributed by atoms with van der Waals surface area (Å²) in [5.41, 5.74) is 1.65. The maximum Gasteiger partial charge on any atom is 0.264 e.